The summed E-state index contributed by atoms with van der Waals surface area (Å²) in [6.45, 7) is 0. The third kappa shape index (κ3) is 4.38. The molecule has 1 aliphatic heterocycles. The van der Waals surface area contributed by atoms with Crippen LogP contribution < -0.4 is 14.8 Å². The molecule has 0 unspecified atom stereocenters. The van der Waals surface area contributed by atoms with Gasteiger partial charge < -0.3 is 14.8 Å². The van der Waals surface area contributed by atoms with Gasteiger partial charge in [-0.2, -0.15) is 13.2 Å². The SMILES string of the molecule is O=C(Nc1ccc(-c2cc3c(cc2Cl)OC(F)(F)O3)cn1)c1ccc(C(F)(F)F)cc1. The molecule has 31 heavy (non-hydrogen) atoms. The van der Waals surface area contributed by atoms with Crippen molar-refractivity contribution in [1.29, 1.82) is 0 Å². The minimum atomic E-state index is -4.50. The fourth-order valence-electron chi connectivity index (χ4n) is 2.82. The molecule has 0 saturated heterocycles. The Hall–Kier alpha value is -3.40. The number of hydrogen-bond donors (Lipinski definition) is 1. The number of alkyl halides is 5. The number of aromatic nitrogens is 1. The lowest BCUT2D eigenvalue weighted by molar-refractivity contribution is -0.286. The molecule has 5 nitrogen and oxygen atoms in total. The largest absolute Gasteiger partial charge is 0.586 e. The number of rotatable bonds is 3. The van der Waals surface area contributed by atoms with Crippen LogP contribution in [0.2, 0.25) is 5.02 Å². The van der Waals surface area contributed by atoms with E-state index in [0.29, 0.717) is 11.1 Å². The second kappa shape index (κ2) is 7.38. The van der Waals surface area contributed by atoms with Crippen molar-refractivity contribution in [3.05, 3.63) is 70.9 Å². The summed E-state index contributed by atoms with van der Waals surface area (Å²) >= 11 is 6.13. The molecule has 1 N–H and O–H groups in total. The Morgan fingerprint density at radius 2 is 1.65 bits per heavy atom. The molecular formula is C20H10ClF5N2O3. The smallest absolute Gasteiger partial charge is 0.395 e. The number of halogens is 6. The molecule has 3 aromatic rings. The Bertz CT molecular complexity index is 1150. The highest BCUT2D eigenvalue weighted by molar-refractivity contribution is 6.33. The van der Waals surface area contributed by atoms with Crippen LogP contribution in [-0.2, 0) is 6.18 Å². The highest BCUT2D eigenvalue weighted by atomic mass is 35.5. The molecular weight excluding hydrogens is 447 g/mol. The molecule has 0 saturated carbocycles. The molecule has 0 radical (unpaired) electrons. The zero-order valence-corrected chi connectivity index (χ0v) is 15.9. The number of benzene rings is 2. The maximum absolute atomic E-state index is 13.2. The van der Waals surface area contributed by atoms with Crippen molar-refractivity contribution >= 4 is 23.3 Å². The Balaban J connectivity index is 1.50. The van der Waals surface area contributed by atoms with E-state index < -0.39 is 23.9 Å². The van der Waals surface area contributed by atoms with Crippen molar-refractivity contribution in [2.45, 2.75) is 12.5 Å². The third-order valence-corrected chi connectivity index (χ3v) is 4.59. The number of amides is 1. The summed E-state index contributed by atoms with van der Waals surface area (Å²) in [5, 5.41) is 2.57. The van der Waals surface area contributed by atoms with Gasteiger partial charge in [-0.15, -0.1) is 8.78 Å². The maximum atomic E-state index is 13.2. The number of ether oxygens (including phenoxy) is 2. The van der Waals surface area contributed by atoms with Crippen LogP contribution in [0.1, 0.15) is 15.9 Å². The van der Waals surface area contributed by atoms with E-state index in [1.54, 1.807) is 0 Å². The Morgan fingerprint density at radius 1 is 1.00 bits per heavy atom. The fourth-order valence-corrected chi connectivity index (χ4v) is 3.08. The molecule has 1 amide bonds. The molecule has 1 aliphatic rings. The van der Waals surface area contributed by atoms with Crippen LogP contribution in [-0.4, -0.2) is 17.2 Å². The van der Waals surface area contributed by atoms with Gasteiger partial charge >= 0.3 is 12.5 Å². The molecule has 2 aromatic carbocycles. The number of anilines is 1. The summed E-state index contributed by atoms with van der Waals surface area (Å²) in [6.07, 6.45) is -6.95. The van der Waals surface area contributed by atoms with Gasteiger partial charge in [-0.3, -0.25) is 4.79 Å². The summed E-state index contributed by atoms with van der Waals surface area (Å²) in [6, 6.07) is 9.11. The van der Waals surface area contributed by atoms with E-state index in [1.807, 2.05) is 0 Å². The molecule has 0 fully saturated rings. The number of nitrogens with zero attached hydrogens (tertiary/aromatic N) is 1. The lowest BCUT2D eigenvalue weighted by Gasteiger charge is -2.09. The quantitative estimate of drug-likeness (QED) is 0.491. The average molecular weight is 457 g/mol. The molecule has 11 heteroatoms. The van der Waals surface area contributed by atoms with Gasteiger partial charge in [0.15, 0.2) is 11.5 Å². The Morgan fingerprint density at radius 3 is 2.23 bits per heavy atom. The van der Waals surface area contributed by atoms with Crippen molar-refractivity contribution in [3.8, 4) is 22.6 Å². The minimum Gasteiger partial charge on any atom is -0.395 e. The summed E-state index contributed by atoms with van der Waals surface area (Å²) in [7, 11) is 0. The number of pyridine rings is 1. The van der Waals surface area contributed by atoms with Crippen LogP contribution in [0.25, 0.3) is 11.1 Å². The third-order valence-electron chi connectivity index (χ3n) is 4.28. The number of nitrogens with one attached hydrogen (secondary N) is 1. The summed E-state index contributed by atoms with van der Waals surface area (Å²) in [5.41, 5.74) is -0.0718. The first kappa shape index (κ1) is 20.9. The number of carbonyl (C=O) groups is 1. The number of fused-ring (bicyclic) bond motifs is 1. The summed E-state index contributed by atoms with van der Waals surface area (Å²) in [4.78, 5) is 16.3. The zero-order valence-electron chi connectivity index (χ0n) is 15.1. The van der Waals surface area contributed by atoms with Gasteiger partial charge in [0, 0.05) is 29.0 Å². The van der Waals surface area contributed by atoms with E-state index >= 15 is 0 Å². The fraction of sp³-hybridized carbons (Fsp3) is 0.100. The van der Waals surface area contributed by atoms with Crippen LogP contribution in [0.5, 0.6) is 11.5 Å². The predicted octanol–water partition coefficient (Wildman–Crippen LogP) is 5.99. The topological polar surface area (TPSA) is 60.5 Å². The maximum Gasteiger partial charge on any atom is 0.586 e. The van der Waals surface area contributed by atoms with E-state index in [4.69, 9.17) is 11.6 Å². The van der Waals surface area contributed by atoms with Gasteiger partial charge in [0.2, 0.25) is 0 Å². The monoisotopic (exact) mass is 456 g/mol. The van der Waals surface area contributed by atoms with Crippen LogP contribution >= 0.6 is 11.6 Å². The molecule has 4 rings (SSSR count). The first-order valence-electron chi connectivity index (χ1n) is 8.56. The molecule has 0 atom stereocenters. The average Bonchev–Trinajstić information content (AvgIpc) is 3.00. The van der Waals surface area contributed by atoms with Crippen molar-refractivity contribution in [2.75, 3.05) is 5.32 Å². The van der Waals surface area contributed by atoms with Crippen LogP contribution in [0.3, 0.4) is 0 Å². The number of hydrogen-bond acceptors (Lipinski definition) is 4. The second-order valence-electron chi connectivity index (χ2n) is 6.41. The molecule has 160 valence electrons. The van der Waals surface area contributed by atoms with Crippen molar-refractivity contribution < 1.29 is 36.2 Å². The molecule has 0 bridgehead atoms. The van der Waals surface area contributed by atoms with Crippen LogP contribution in [0.4, 0.5) is 27.8 Å². The van der Waals surface area contributed by atoms with E-state index in [-0.39, 0.29) is 27.9 Å². The van der Waals surface area contributed by atoms with Gasteiger partial charge in [0.25, 0.3) is 5.91 Å². The molecule has 1 aromatic heterocycles. The first-order chi connectivity index (χ1) is 14.5. The number of carbonyl (C=O) groups excluding carboxylic acids is 1. The van der Waals surface area contributed by atoms with Crippen molar-refractivity contribution in [2.24, 2.45) is 0 Å². The van der Waals surface area contributed by atoms with Gasteiger partial charge in [-0.05, 0) is 42.5 Å². The second-order valence-corrected chi connectivity index (χ2v) is 6.81. The van der Waals surface area contributed by atoms with Gasteiger partial charge in [0.1, 0.15) is 5.82 Å². The van der Waals surface area contributed by atoms with E-state index in [0.717, 1.165) is 24.3 Å². The highest BCUT2D eigenvalue weighted by Gasteiger charge is 2.43. The van der Waals surface area contributed by atoms with E-state index in [1.165, 1.54) is 30.5 Å². The zero-order chi connectivity index (χ0) is 22.4. The molecule has 2 heterocycles. The normalized spacial score (nSPS) is 14.4. The molecule has 0 aliphatic carbocycles. The van der Waals surface area contributed by atoms with Crippen LogP contribution in [0, 0.1) is 0 Å². The Labute approximate surface area is 176 Å². The lowest BCUT2D eigenvalue weighted by Crippen LogP contribution is -2.25. The summed E-state index contributed by atoms with van der Waals surface area (Å²) < 4.78 is 73.0. The first-order valence-corrected chi connectivity index (χ1v) is 8.94. The van der Waals surface area contributed by atoms with Gasteiger partial charge in [-0.1, -0.05) is 11.6 Å². The summed E-state index contributed by atoms with van der Waals surface area (Å²) in [5.74, 6) is -0.925. The van der Waals surface area contributed by atoms with Crippen molar-refractivity contribution in [1.82, 2.24) is 4.98 Å². The molecule has 0 spiro atoms. The van der Waals surface area contributed by atoms with E-state index in [9.17, 15) is 26.7 Å². The van der Waals surface area contributed by atoms with Crippen LogP contribution in [0.15, 0.2) is 54.7 Å². The van der Waals surface area contributed by atoms with Crippen molar-refractivity contribution in [3.63, 3.8) is 0 Å². The highest BCUT2D eigenvalue weighted by Crippen LogP contribution is 2.46. The van der Waals surface area contributed by atoms with Gasteiger partial charge in [0.05, 0.1) is 10.6 Å². The van der Waals surface area contributed by atoms with Gasteiger partial charge in [-0.25, -0.2) is 4.98 Å². The standard InChI is InChI=1S/C20H10ClF5N2O3/c21-14-8-16-15(30-20(25,26)31-16)7-13(14)11-3-6-17(27-9-11)28-18(29)10-1-4-12(5-2-10)19(22,23)24/h1-9H,(H,27,28,29). The minimum absolute atomic E-state index is 0.0126. The lowest BCUT2D eigenvalue weighted by atomic mass is 10.1. The Kier molecular flexibility index (Phi) is 4.97. The predicted molar refractivity (Wildman–Crippen MR) is 100 cm³/mol. The van der Waals surface area contributed by atoms with E-state index in [2.05, 4.69) is 19.8 Å².